The van der Waals surface area contributed by atoms with Crippen LogP contribution in [-0.4, -0.2) is 26.1 Å². The van der Waals surface area contributed by atoms with E-state index in [2.05, 4.69) is 25.5 Å². The molecule has 1 atom stereocenters. The second kappa shape index (κ2) is 5.07. The zero-order chi connectivity index (χ0) is 14.1. The van der Waals surface area contributed by atoms with E-state index in [9.17, 15) is 4.79 Å². The van der Waals surface area contributed by atoms with E-state index in [-0.39, 0.29) is 18.4 Å². The molecule has 3 rings (SSSR count). The Kier molecular flexibility index (Phi) is 3.25. The highest BCUT2D eigenvalue weighted by Crippen LogP contribution is 2.23. The van der Waals surface area contributed by atoms with Gasteiger partial charge in [0, 0.05) is 25.0 Å². The van der Waals surface area contributed by atoms with Gasteiger partial charge in [-0.05, 0) is 19.8 Å². The number of rotatable bonds is 3. The summed E-state index contributed by atoms with van der Waals surface area (Å²) in [5, 5.41) is 10.4. The topological polar surface area (TPSA) is 96.7 Å². The number of H-pyrrole nitrogens is 1. The van der Waals surface area contributed by atoms with Gasteiger partial charge in [-0.2, -0.15) is 0 Å². The number of amides is 1. The van der Waals surface area contributed by atoms with Crippen LogP contribution in [0.1, 0.15) is 35.4 Å². The second-order valence-electron chi connectivity index (χ2n) is 5.12. The van der Waals surface area contributed by atoms with E-state index in [1.165, 1.54) is 0 Å². The van der Waals surface area contributed by atoms with Crippen molar-refractivity contribution in [3.8, 4) is 0 Å². The lowest BCUT2D eigenvalue weighted by atomic mass is 9.89. The van der Waals surface area contributed by atoms with Gasteiger partial charge in [0.2, 0.25) is 17.7 Å². The maximum absolute atomic E-state index is 12.2. The van der Waals surface area contributed by atoms with Crippen molar-refractivity contribution in [3.05, 3.63) is 29.0 Å². The van der Waals surface area contributed by atoms with Crippen molar-refractivity contribution in [1.82, 2.24) is 25.5 Å². The summed E-state index contributed by atoms with van der Waals surface area (Å²) in [6.07, 6.45) is 2.38. The molecule has 0 fully saturated rings. The molecule has 1 amide bonds. The molecule has 0 unspecified atom stereocenters. The summed E-state index contributed by atoms with van der Waals surface area (Å²) in [6, 6.07) is 0. The van der Waals surface area contributed by atoms with Crippen LogP contribution >= 0.6 is 0 Å². The molecule has 0 spiro atoms. The molecule has 20 heavy (non-hydrogen) atoms. The van der Waals surface area contributed by atoms with Gasteiger partial charge in [0.15, 0.2) is 0 Å². The molecule has 2 aromatic heterocycles. The Labute approximate surface area is 116 Å². The van der Waals surface area contributed by atoms with E-state index in [0.717, 1.165) is 30.1 Å². The Bertz CT molecular complexity index is 630. The van der Waals surface area contributed by atoms with Crippen LogP contribution < -0.4 is 5.32 Å². The van der Waals surface area contributed by atoms with E-state index in [1.807, 2.05) is 6.92 Å². The molecule has 2 heterocycles. The fourth-order valence-corrected chi connectivity index (χ4v) is 2.56. The number of hydrogen-bond donors (Lipinski definition) is 2. The van der Waals surface area contributed by atoms with E-state index in [4.69, 9.17) is 4.42 Å². The van der Waals surface area contributed by atoms with Gasteiger partial charge >= 0.3 is 0 Å². The standard InChI is InChI=1S/C13H17N5O2/c1-7-15-10-4-3-9(5-11(10)16-7)13(19)14-6-12-18-17-8(2)20-12/h9H,3-6H2,1-2H3,(H,14,19)(H,15,16)/t9-/m1/s1. The number of aromatic nitrogens is 4. The molecule has 0 saturated heterocycles. The summed E-state index contributed by atoms with van der Waals surface area (Å²) in [7, 11) is 0. The number of imidazole rings is 1. The smallest absolute Gasteiger partial charge is 0.235 e. The van der Waals surface area contributed by atoms with Gasteiger partial charge in [0.1, 0.15) is 5.82 Å². The molecule has 0 aromatic carbocycles. The minimum absolute atomic E-state index is 0.0219. The number of nitrogens with one attached hydrogen (secondary N) is 2. The zero-order valence-electron chi connectivity index (χ0n) is 11.6. The third kappa shape index (κ3) is 2.56. The van der Waals surface area contributed by atoms with Crippen LogP contribution in [0.2, 0.25) is 0 Å². The Morgan fingerprint density at radius 1 is 1.45 bits per heavy atom. The molecule has 7 heteroatoms. The molecule has 1 aliphatic carbocycles. The molecule has 106 valence electrons. The summed E-state index contributed by atoms with van der Waals surface area (Å²) in [5.74, 6) is 1.86. The van der Waals surface area contributed by atoms with Crippen LogP contribution in [0.3, 0.4) is 0 Å². The van der Waals surface area contributed by atoms with Crippen molar-refractivity contribution in [2.75, 3.05) is 0 Å². The fourth-order valence-electron chi connectivity index (χ4n) is 2.56. The maximum atomic E-state index is 12.2. The number of nitrogens with zero attached hydrogens (tertiary/aromatic N) is 3. The van der Waals surface area contributed by atoms with Crippen LogP contribution in [0.4, 0.5) is 0 Å². The number of aromatic amines is 1. The molecule has 0 saturated carbocycles. The quantitative estimate of drug-likeness (QED) is 0.864. The number of hydrogen-bond acceptors (Lipinski definition) is 5. The number of carbonyl (C=O) groups is 1. The van der Waals surface area contributed by atoms with Gasteiger partial charge in [0.05, 0.1) is 12.2 Å². The minimum atomic E-state index is -0.0219. The van der Waals surface area contributed by atoms with Gasteiger partial charge in [-0.15, -0.1) is 10.2 Å². The number of carbonyl (C=O) groups excluding carboxylic acids is 1. The van der Waals surface area contributed by atoms with Crippen molar-refractivity contribution >= 4 is 5.91 Å². The van der Waals surface area contributed by atoms with Gasteiger partial charge in [-0.1, -0.05) is 0 Å². The lowest BCUT2D eigenvalue weighted by molar-refractivity contribution is -0.125. The highest BCUT2D eigenvalue weighted by molar-refractivity contribution is 5.79. The number of aryl methyl sites for hydroxylation is 3. The molecular weight excluding hydrogens is 258 g/mol. The van der Waals surface area contributed by atoms with E-state index < -0.39 is 0 Å². The SMILES string of the molecule is Cc1nc2c([nH]1)C[C@H](C(=O)NCc1nnc(C)o1)CC2. The van der Waals surface area contributed by atoms with Crippen molar-refractivity contribution in [1.29, 1.82) is 0 Å². The minimum Gasteiger partial charge on any atom is -0.424 e. The molecule has 0 aliphatic heterocycles. The highest BCUT2D eigenvalue weighted by atomic mass is 16.4. The van der Waals surface area contributed by atoms with Gasteiger partial charge in [-0.3, -0.25) is 4.79 Å². The van der Waals surface area contributed by atoms with Crippen molar-refractivity contribution < 1.29 is 9.21 Å². The van der Waals surface area contributed by atoms with Gasteiger partial charge < -0.3 is 14.7 Å². The lowest BCUT2D eigenvalue weighted by Gasteiger charge is -2.20. The Morgan fingerprint density at radius 3 is 3.05 bits per heavy atom. The summed E-state index contributed by atoms with van der Waals surface area (Å²) in [6.45, 7) is 3.94. The van der Waals surface area contributed by atoms with Crippen LogP contribution in [-0.2, 0) is 24.2 Å². The Hall–Kier alpha value is -2.18. The van der Waals surface area contributed by atoms with Crippen LogP contribution in [0, 0.1) is 19.8 Å². The first-order valence-electron chi connectivity index (χ1n) is 6.73. The average Bonchev–Trinajstić information content (AvgIpc) is 2.99. The molecule has 1 aliphatic rings. The molecule has 2 N–H and O–H groups in total. The molecular formula is C13H17N5O2. The van der Waals surface area contributed by atoms with E-state index in [0.29, 0.717) is 18.2 Å². The van der Waals surface area contributed by atoms with Crippen molar-refractivity contribution in [3.63, 3.8) is 0 Å². The molecule has 2 aromatic rings. The predicted octanol–water partition coefficient (Wildman–Crippen LogP) is 0.831. The first kappa shape index (κ1) is 12.8. The maximum Gasteiger partial charge on any atom is 0.235 e. The van der Waals surface area contributed by atoms with Crippen molar-refractivity contribution in [2.45, 2.75) is 39.7 Å². The van der Waals surface area contributed by atoms with Crippen LogP contribution in [0.25, 0.3) is 0 Å². The third-order valence-electron chi connectivity index (χ3n) is 3.52. The van der Waals surface area contributed by atoms with Gasteiger partial charge in [-0.25, -0.2) is 4.98 Å². The van der Waals surface area contributed by atoms with E-state index in [1.54, 1.807) is 6.92 Å². The molecule has 0 bridgehead atoms. The first-order valence-corrected chi connectivity index (χ1v) is 6.73. The summed E-state index contributed by atoms with van der Waals surface area (Å²) < 4.78 is 5.23. The van der Waals surface area contributed by atoms with Crippen molar-refractivity contribution in [2.24, 2.45) is 5.92 Å². The predicted molar refractivity (Wildman–Crippen MR) is 69.7 cm³/mol. The first-order chi connectivity index (χ1) is 9.61. The van der Waals surface area contributed by atoms with Crippen LogP contribution in [0.15, 0.2) is 4.42 Å². The fraction of sp³-hybridized carbons (Fsp3) is 0.538. The molecule has 0 radical (unpaired) electrons. The monoisotopic (exact) mass is 275 g/mol. The van der Waals surface area contributed by atoms with E-state index >= 15 is 0 Å². The van der Waals surface area contributed by atoms with Gasteiger partial charge in [0.25, 0.3) is 0 Å². The summed E-state index contributed by atoms with van der Waals surface area (Å²) in [4.78, 5) is 19.8. The third-order valence-corrected chi connectivity index (χ3v) is 3.52. The van der Waals surface area contributed by atoms with Crippen LogP contribution in [0.5, 0.6) is 0 Å². The summed E-state index contributed by atoms with van der Waals surface area (Å²) in [5.41, 5.74) is 2.18. The second-order valence-corrected chi connectivity index (χ2v) is 5.12. The Balaban J connectivity index is 1.58. The number of fused-ring (bicyclic) bond motifs is 1. The lowest BCUT2D eigenvalue weighted by Crippen LogP contribution is -2.33. The summed E-state index contributed by atoms with van der Waals surface area (Å²) >= 11 is 0. The molecule has 7 nitrogen and oxygen atoms in total. The Morgan fingerprint density at radius 2 is 2.30 bits per heavy atom. The zero-order valence-corrected chi connectivity index (χ0v) is 11.6. The average molecular weight is 275 g/mol. The normalized spacial score (nSPS) is 17.8. The highest BCUT2D eigenvalue weighted by Gasteiger charge is 2.26. The largest absolute Gasteiger partial charge is 0.424 e.